The van der Waals surface area contributed by atoms with Gasteiger partial charge in [0.05, 0.1) is 22.8 Å². The fourth-order valence-electron chi connectivity index (χ4n) is 5.86. The van der Waals surface area contributed by atoms with Crippen molar-refractivity contribution in [3.8, 4) is 0 Å². The molecule has 0 radical (unpaired) electrons. The smallest absolute Gasteiger partial charge is 0.338 e. The minimum absolute atomic E-state index is 0.0899. The van der Waals surface area contributed by atoms with E-state index in [1.54, 1.807) is 39.1 Å². The maximum atomic E-state index is 14.7. The average Bonchev–Trinajstić information content (AvgIpc) is 3.47. The van der Waals surface area contributed by atoms with E-state index in [-0.39, 0.29) is 44.0 Å². The topological polar surface area (TPSA) is 138 Å². The maximum absolute atomic E-state index is 14.7. The van der Waals surface area contributed by atoms with E-state index in [0.29, 0.717) is 40.5 Å². The van der Waals surface area contributed by atoms with Gasteiger partial charge in [-0.25, -0.2) is 26.9 Å². The van der Waals surface area contributed by atoms with Crippen molar-refractivity contribution < 1.29 is 32.2 Å². The van der Waals surface area contributed by atoms with Crippen molar-refractivity contribution in [1.82, 2.24) is 14.6 Å². The Kier molecular flexibility index (Phi) is 8.05. The van der Waals surface area contributed by atoms with Crippen LogP contribution in [0.3, 0.4) is 0 Å². The van der Waals surface area contributed by atoms with Crippen molar-refractivity contribution >= 4 is 39.1 Å². The van der Waals surface area contributed by atoms with E-state index < -0.39 is 44.5 Å². The number of aliphatic imine (C=N–C) groups is 1. The highest BCUT2D eigenvalue weighted by molar-refractivity contribution is 7.89. The number of nitrogens with zero attached hydrogens (tertiary/aromatic N) is 3. The van der Waals surface area contributed by atoms with Crippen LogP contribution in [0.1, 0.15) is 61.7 Å². The van der Waals surface area contributed by atoms with Gasteiger partial charge in [0.1, 0.15) is 11.9 Å². The number of esters is 1. The molecule has 2 N–H and O–H groups in total. The molecule has 1 saturated heterocycles. The second kappa shape index (κ2) is 11.3. The van der Waals surface area contributed by atoms with Crippen LogP contribution in [0, 0.1) is 24.1 Å². The zero-order chi connectivity index (χ0) is 29.5. The molecule has 2 aliphatic heterocycles. The Morgan fingerprint density at radius 2 is 1.98 bits per heavy atom. The fraction of sp³-hybridized carbons (Fsp3) is 0.500. The van der Waals surface area contributed by atoms with Crippen molar-refractivity contribution in [3.05, 3.63) is 63.0 Å². The lowest BCUT2D eigenvalue weighted by Gasteiger charge is -2.44. The Morgan fingerprint density at radius 3 is 2.59 bits per heavy atom. The van der Waals surface area contributed by atoms with Crippen LogP contribution in [-0.4, -0.2) is 65.5 Å². The molecule has 0 bridgehead atoms. The average molecular weight is 605 g/mol. The lowest BCUT2D eigenvalue weighted by molar-refractivity contribution is -0.152. The van der Waals surface area contributed by atoms with Gasteiger partial charge in [0.25, 0.3) is 0 Å². The van der Waals surface area contributed by atoms with Crippen molar-refractivity contribution in [3.63, 3.8) is 0 Å². The number of carbonyl (C=O) groups is 2. The lowest BCUT2D eigenvalue weighted by atomic mass is 9.70. The first kappa shape index (κ1) is 29.3. The number of hydrogen-bond donors (Lipinski definition) is 2. The number of carboxylic acids is 1. The number of halogens is 1. The summed E-state index contributed by atoms with van der Waals surface area (Å²) >= 11 is 1.37. The summed E-state index contributed by atoms with van der Waals surface area (Å²) in [4.78, 5) is 34.1. The first-order chi connectivity index (χ1) is 19.5. The normalized spacial score (nSPS) is 25.7. The summed E-state index contributed by atoms with van der Waals surface area (Å²) in [6.45, 7) is 5.52. The van der Waals surface area contributed by atoms with E-state index >= 15 is 0 Å². The quantitative estimate of drug-likeness (QED) is 0.434. The number of ether oxygens (including phenoxy) is 1. The predicted molar refractivity (Wildman–Crippen MR) is 151 cm³/mol. The van der Waals surface area contributed by atoms with Crippen LogP contribution < -0.4 is 5.32 Å². The molecule has 1 atom stereocenters. The van der Waals surface area contributed by atoms with Gasteiger partial charge < -0.3 is 15.2 Å². The molecule has 10 nitrogen and oxygen atoms in total. The highest BCUT2D eigenvalue weighted by atomic mass is 32.2. The summed E-state index contributed by atoms with van der Waals surface area (Å²) in [5, 5.41) is 14.4. The third-order valence-corrected chi connectivity index (χ3v) is 11.4. The van der Waals surface area contributed by atoms with Crippen molar-refractivity contribution in [2.75, 3.05) is 19.7 Å². The summed E-state index contributed by atoms with van der Waals surface area (Å²) < 4.78 is 48.2. The van der Waals surface area contributed by atoms with Gasteiger partial charge in [0.15, 0.2) is 10.8 Å². The minimum atomic E-state index is -3.66. The SMILES string of the molecule is CCOC(=O)C1=C(C2CCN(S(=O)(=O)C3CC(C)(C(=O)O)C3)CC2)NC(c2nccs2)=NC1c1cccc(F)c1C. The van der Waals surface area contributed by atoms with E-state index in [1.165, 1.54) is 21.7 Å². The van der Waals surface area contributed by atoms with E-state index in [4.69, 9.17) is 9.73 Å². The molecule has 1 aliphatic carbocycles. The summed E-state index contributed by atoms with van der Waals surface area (Å²) in [5.74, 6) is -1.74. The molecule has 0 spiro atoms. The molecule has 3 aliphatic rings. The van der Waals surface area contributed by atoms with Crippen LogP contribution in [0.4, 0.5) is 4.39 Å². The molecule has 1 aromatic heterocycles. The van der Waals surface area contributed by atoms with Crippen LogP contribution in [-0.2, 0) is 24.3 Å². The van der Waals surface area contributed by atoms with Gasteiger partial charge in [-0.2, -0.15) is 0 Å². The first-order valence-electron chi connectivity index (χ1n) is 13.6. The van der Waals surface area contributed by atoms with Gasteiger partial charge >= 0.3 is 11.9 Å². The van der Waals surface area contributed by atoms with E-state index in [0.717, 1.165) is 0 Å². The summed E-state index contributed by atoms with van der Waals surface area (Å²) in [6, 6.07) is 3.84. The number of hydrogen-bond acceptors (Lipinski definition) is 9. The molecule has 1 unspecified atom stereocenters. The largest absolute Gasteiger partial charge is 0.481 e. The second-order valence-electron chi connectivity index (χ2n) is 11.0. The van der Waals surface area contributed by atoms with E-state index in [9.17, 15) is 27.5 Å². The van der Waals surface area contributed by atoms with Crippen LogP contribution in [0.15, 0.2) is 46.0 Å². The Bertz CT molecular complexity index is 1510. The minimum Gasteiger partial charge on any atom is -0.481 e. The molecule has 220 valence electrons. The van der Waals surface area contributed by atoms with E-state index in [1.807, 2.05) is 5.38 Å². The summed E-state index contributed by atoms with van der Waals surface area (Å²) in [6.07, 6.45) is 2.68. The molecular formula is C28H33FN4O6S2. The van der Waals surface area contributed by atoms with Crippen LogP contribution in [0.5, 0.6) is 0 Å². The van der Waals surface area contributed by atoms with E-state index in [2.05, 4.69) is 10.3 Å². The number of piperidine rings is 1. The molecule has 5 rings (SSSR count). The molecular weight excluding hydrogens is 571 g/mol. The van der Waals surface area contributed by atoms with Gasteiger partial charge in [-0.15, -0.1) is 11.3 Å². The second-order valence-corrected chi connectivity index (χ2v) is 14.1. The Labute approximate surface area is 242 Å². The number of benzene rings is 1. The standard InChI is InChI=1S/C28H33FN4O6S2/c1-4-39-26(34)21-22(17-8-11-33(12-9-17)41(37,38)18-14-28(3,15-18)27(35)36)31-24(25-30-10-13-40-25)32-23(21)19-6-5-7-20(29)16(19)2/h5-7,10,13,17-18,23H,4,8-9,11-12,14-15H2,1-3H3,(H,31,32)(H,35,36). The Morgan fingerprint density at radius 1 is 1.27 bits per heavy atom. The molecule has 1 aromatic carbocycles. The molecule has 41 heavy (non-hydrogen) atoms. The van der Waals surface area contributed by atoms with Crippen molar-refractivity contribution in [2.24, 2.45) is 16.3 Å². The molecule has 0 amide bonds. The van der Waals surface area contributed by atoms with Crippen LogP contribution >= 0.6 is 11.3 Å². The number of thiazole rings is 1. The third kappa shape index (κ3) is 5.42. The predicted octanol–water partition coefficient (Wildman–Crippen LogP) is 3.79. The van der Waals surface area contributed by atoms with Gasteiger partial charge in [0, 0.05) is 36.3 Å². The number of amidine groups is 1. The fourth-order valence-corrected chi connectivity index (χ4v) is 8.74. The van der Waals surface area contributed by atoms with Crippen molar-refractivity contribution in [2.45, 2.75) is 57.7 Å². The number of carboxylic acid groups (broad SMARTS) is 1. The zero-order valence-corrected chi connectivity index (χ0v) is 24.7. The Balaban J connectivity index is 1.47. The molecule has 3 heterocycles. The lowest BCUT2D eigenvalue weighted by Crippen LogP contribution is -2.54. The highest BCUT2D eigenvalue weighted by Crippen LogP contribution is 2.46. The number of nitrogens with one attached hydrogen (secondary N) is 1. The number of rotatable bonds is 8. The Hall–Kier alpha value is -3.16. The number of sulfonamides is 1. The molecule has 13 heteroatoms. The van der Waals surface area contributed by atoms with Gasteiger partial charge in [0.2, 0.25) is 10.0 Å². The van der Waals surface area contributed by atoms with Gasteiger partial charge in [-0.05, 0) is 63.6 Å². The van der Waals surface area contributed by atoms with Gasteiger partial charge in [-0.1, -0.05) is 12.1 Å². The number of carbonyl (C=O) groups excluding carboxylic acids is 1. The van der Waals surface area contributed by atoms with Gasteiger partial charge in [-0.3, -0.25) is 9.79 Å². The third-order valence-electron chi connectivity index (χ3n) is 8.33. The maximum Gasteiger partial charge on any atom is 0.338 e. The number of allylic oxidation sites excluding steroid dienone is 1. The van der Waals surface area contributed by atoms with Crippen LogP contribution in [0.2, 0.25) is 0 Å². The molecule has 1 saturated carbocycles. The number of aliphatic carboxylic acids is 1. The van der Waals surface area contributed by atoms with Crippen molar-refractivity contribution in [1.29, 1.82) is 0 Å². The first-order valence-corrected chi connectivity index (χ1v) is 16.0. The van der Waals surface area contributed by atoms with Crippen LogP contribution in [0.25, 0.3) is 0 Å². The molecule has 2 aromatic rings. The summed E-state index contributed by atoms with van der Waals surface area (Å²) in [5.41, 5.74) is 0.747. The molecule has 2 fully saturated rings. The zero-order valence-electron chi connectivity index (χ0n) is 23.1. The number of aromatic nitrogens is 1. The monoisotopic (exact) mass is 604 g/mol. The highest BCUT2D eigenvalue weighted by Gasteiger charge is 2.53. The summed E-state index contributed by atoms with van der Waals surface area (Å²) in [7, 11) is -3.66.